The first-order chi connectivity index (χ1) is 10.0. The monoisotopic (exact) mass is 291 g/mol. The zero-order valence-corrected chi connectivity index (χ0v) is 11.4. The molecule has 5 heteroatoms. The molecule has 2 aromatic carbocycles. The summed E-state index contributed by atoms with van der Waals surface area (Å²) in [5, 5.41) is 12.0. The molecule has 0 heterocycles. The van der Waals surface area contributed by atoms with Gasteiger partial charge in [0.15, 0.2) is 0 Å². The molecule has 2 aromatic rings. The highest BCUT2D eigenvalue weighted by atomic mass is 19.1. The lowest BCUT2D eigenvalue weighted by Crippen LogP contribution is -2.12. The highest BCUT2D eigenvalue weighted by molar-refractivity contribution is 5.89. The van der Waals surface area contributed by atoms with Gasteiger partial charge in [-0.2, -0.15) is 0 Å². The average molecular weight is 291 g/mol. The van der Waals surface area contributed by atoms with Crippen molar-refractivity contribution in [3.8, 4) is 0 Å². The van der Waals surface area contributed by atoms with Crippen LogP contribution in [-0.4, -0.2) is 11.1 Å². The number of carboxylic acids is 1. The van der Waals surface area contributed by atoms with Gasteiger partial charge in [-0.1, -0.05) is 25.1 Å². The van der Waals surface area contributed by atoms with Crippen molar-refractivity contribution in [1.82, 2.24) is 0 Å². The van der Waals surface area contributed by atoms with Gasteiger partial charge in [-0.3, -0.25) is 0 Å². The Labute approximate surface area is 121 Å². The Morgan fingerprint density at radius 1 is 1.19 bits per heavy atom. The molecule has 2 N–H and O–H groups in total. The summed E-state index contributed by atoms with van der Waals surface area (Å²) >= 11 is 0. The molecule has 0 radical (unpaired) electrons. The minimum Gasteiger partial charge on any atom is -0.478 e. The lowest BCUT2D eigenvalue weighted by Gasteiger charge is -2.19. The quantitative estimate of drug-likeness (QED) is 0.867. The summed E-state index contributed by atoms with van der Waals surface area (Å²) in [4.78, 5) is 10.9. The number of carbonyl (C=O) groups is 1. The van der Waals surface area contributed by atoms with Crippen LogP contribution in [0.15, 0.2) is 42.5 Å². The third kappa shape index (κ3) is 3.37. The second-order valence-corrected chi connectivity index (χ2v) is 4.63. The van der Waals surface area contributed by atoms with Gasteiger partial charge < -0.3 is 10.4 Å². The number of rotatable bonds is 5. The summed E-state index contributed by atoms with van der Waals surface area (Å²) in [6.45, 7) is 1.88. The Kier molecular flexibility index (Phi) is 4.52. The van der Waals surface area contributed by atoms with E-state index in [1.807, 2.05) is 6.92 Å². The van der Waals surface area contributed by atoms with E-state index in [4.69, 9.17) is 5.11 Å². The summed E-state index contributed by atoms with van der Waals surface area (Å²) in [5.41, 5.74) is 0.508. The van der Waals surface area contributed by atoms with Gasteiger partial charge in [0, 0.05) is 11.3 Å². The summed E-state index contributed by atoms with van der Waals surface area (Å²) < 4.78 is 27.2. The molecule has 110 valence electrons. The Morgan fingerprint density at radius 2 is 1.90 bits per heavy atom. The Balaban J connectivity index is 2.29. The predicted molar refractivity (Wildman–Crippen MR) is 76.4 cm³/mol. The van der Waals surface area contributed by atoms with Crippen molar-refractivity contribution in [2.75, 3.05) is 5.32 Å². The number of carboxylic acid groups (broad SMARTS) is 1. The average Bonchev–Trinajstić information content (AvgIpc) is 2.47. The van der Waals surface area contributed by atoms with E-state index in [1.165, 1.54) is 18.2 Å². The fourth-order valence-corrected chi connectivity index (χ4v) is 2.14. The van der Waals surface area contributed by atoms with E-state index in [9.17, 15) is 13.6 Å². The SMILES string of the molecule is CCC(Nc1ccc(F)c(C(=O)O)c1)c1ccccc1F. The zero-order valence-electron chi connectivity index (χ0n) is 11.4. The molecular weight excluding hydrogens is 276 g/mol. The minimum atomic E-state index is -1.34. The number of benzene rings is 2. The van der Waals surface area contributed by atoms with Gasteiger partial charge in [-0.25, -0.2) is 13.6 Å². The highest BCUT2D eigenvalue weighted by Crippen LogP contribution is 2.25. The van der Waals surface area contributed by atoms with Crippen molar-refractivity contribution in [1.29, 1.82) is 0 Å². The smallest absolute Gasteiger partial charge is 0.338 e. The Hall–Kier alpha value is -2.43. The van der Waals surface area contributed by atoms with Crippen LogP contribution in [-0.2, 0) is 0 Å². The molecule has 21 heavy (non-hydrogen) atoms. The largest absolute Gasteiger partial charge is 0.478 e. The maximum absolute atomic E-state index is 13.8. The lowest BCUT2D eigenvalue weighted by atomic mass is 10.0. The summed E-state index contributed by atoms with van der Waals surface area (Å²) in [6.07, 6.45) is 0.598. The molecule has 2 rings (SSSR count). The maximum Gasteiger partial charge on any atom is 0.338 e. The van der Waals surface area contributed by atoms with E-state index in [0.717, 1.165) is 6.07 Å². The standard InChI is InChI=1S/C16H15F2NO2/c1-2-15(11-5-3-4-6-13(11)17)19-10-7-8-14(18)12(9-10)16(20)21/h3-9,15,19H,2H2,1H3,(H,20,21). The van der Waals surface area contributed by atoms with Crippen LogP contribution in [0.1, 0.15) is 35.3 Å². The van der Waals surface area contributed by atoms with Gasteiger partial charge in [0.1, 0.15) is 11.6 Å². The molecule has 0 aromatic heterocycles. The lowest BCUT2D eigenvalue weighted by molar-refractivity contribution is 0.0692. The number of hydrogen-bond acceptors (Lipinski definition) is 2. The summed E-state index contributed by atoms with van der Waals surface area (Å²) in [6, 6.07) is 9.78. The van der Waals surface area contributed by atoms with Crippen molar-refractivity contribution in [2.45, 2.75) is 19.4 Å². The first-order valence-electron chi connectivity index (χ1n) is 6.56. The van der Waals surface area contributed by atoms with Crippen LogP contribution in [0, 0.1) is 11.6 Å². The molecule has 0 aliphatic heterocycles. The molecular formula is C16H15F2NO2. The molecule has 0 fully saturated rings. The first-order valence-corrected chi connectivity index (χ1v) is 6.56. The number of anilines is 1. The molecule has 0 aliphatic carbocycles. The van der Waals surface area contributed by atoms with Crippen LogP contribution in [0.3, 0.4) is 0 Å². The second-order valence-electron chi connectivity index (χ2n) is 4.63. The van der Waals surface area contributed by atoms with E-state index in [0.29, 0.717) is 17.7 Å². The third-order valence-electron chi connectivity index (χ3n) is 3.23. The molecule has 0 saturated heterocycles. The van der Waals surface area contributed by atoms with Crippen LogP contribution in [0.4, 0.5) is 14.5 Å². The van der Waals surface area contributed by atoms with Gasteiger partial charge in [-0.15, -0.1) is 0 Å². The van der Waals surface area contributed by atoms with Crippen molar-refractivity contribution >= 4 is 11.7 Å². The van der Waals surface area contributed by atoms with Crippen molar-refractivity contribution in [3.63, 3.8) is 0 Å². The van der Waals surface area contributed by atoms with Crippen LogP contribution >= 0.6 is 0 Å². The molecule has 0 amide bonds. The second kappa shape index (κ2) is 6.35. The van der Waals surface area contributed by atoms with Gasteiger partial charge in [-0.05, 0) is 30.7 Å². The number of hydrogen-bond donors (Lipinski definition) is 2. The fourth-order valence-electron chi connectivity index (χ4n) is 2.14. The summed E-state index contributed by atoms with van der Waals surface area (Å²) in [7, 11) is 0. The molecule has 0 aliphatic rings. The van der Waals surface area contributed by atoms with Crippen LogP contribution in [0.25, 0.3) is 0 Å². The Bertz CT molecular complexity index is 658. The molecule has 1 unspecified atom stereocenters. The van der Waals surface area contributed by atoms with Crippen molar-refractivity contribution in [2.24, 2.45) is 0 Å². The van der Waals surface area contributed by atoms with E-state index >= 15 is 0 Å². The minimum absolute atomic E-state index is 0.321. The van der Waals surface area contributed by atoms with Crippen molar-refractivity contribution < 1.29 is 18.7 Å². The van der Waals surface area contributed by atoms with E-state index in [1.54, 1.807) is 18.2 Å². The molecule has 1 atom stereocenters. The van der Waals surface area contributed by atoms with Crippen LogP contribution < -0.4 is 5.32 Å². The molecule has 0 saturated carbocycles. The van der Waals surface area contributed by atoms with Gasteiger partial charge in [0.2, 0.25) is 0 Å². The Morgan fingerprint density at radius 3 is 2.52 bits per heavy atom. The number of nitrogens with one attached hydrogen (secondary N) is 1. The number of halogens is 2. The van der Waals surface area contributed by atoms with E-state index < -0.39 is 17.3 Å². The van der Waals surface area contributed by atoms with E-state index in [-0.39, 0.29) is 11.9 Å². The van der Waals surface area contributed by atoms with Crippen LogP contribution in [0.2, 0.25) is 0 Å². The normalized spacial score (nSPS) is 12.0. The predicted octanol–water partition coefficient (Wildman–Crippen LogP) is 4.23. The molecule has 0 bridgehead atoms. The molecule has 0 spiro atoms. The highest BCUT2D eigenvalue weighted by Gasteiger charge is 2.16. The summed E-state index contributed by atoms with van der Waals surface area (Å²) in [5.74, 6) is -2.47. The van der Waals surface area contributed by atoms with Gasteiger partial charge in [0.05, 0.1) is 11.6 Å². The third-order valence-corrected chi connectivity index (χ3v) is 3.23. The number of aromatic carboxylic acids is 1. The first kappa shape index (κ1) is 15.0. The van der Waals surface area contributed by atoms with Gasteiger partial charge >= 0.3 is 5.97 Å². The zero-order chi connectivity index (χ0) is 15.4. The van der Waals surface area contributed by atoms with Crippen molar-refractivity contribution in [3.05, 3.63) is 65.2 Å². The maximum atomic E-state index is 13.8. The fraction of sp³-hybridized carbons (Fsp3) is 0.188. The topological polar surface area (TPSA) is 49.3 Å². The molecule has 3 nitrogen and oxygen atoms in total. The van der Waals surface area contributed by atoms with Crippen LogP contribution in [0.5, 0.6) is 0 Å². The van der Waals surface area contributed by atoms with E-state index in [2.05, 4.69) is 5.32 Å². The van der Waals surface area contributed by atoms with Gasteiger partial charge in [0.25, 0.3) is 0 Å².